The fourth-order valence-corrected chi connectivity index (χ4v) is 0.610. The van der Waals surface area contributed by atoms with Crippen molar-refractivity contribution in [3.8, 4) is 0 Å². The monoisotopic (exact) mass is 280 g/mol. The number of ether oxygens (including phenoxy) is 3. The zero-order valence-corrected chi connectivity index (χ0v) is 11.8. The maximum Gasteiger partial charge on any atom is 0.519 e. The topological polar surface area (TPSA) is 119 Å². The largest absolute Gasteiger partial charge is 0.519 e. The van der Waals surface area contributed by atoms with Crippen molar-refractivity contribution in [2.75, 3.05) is 0 Å². The molecular formula is C11H20O8. The van der Waals surface area contributed by atoms with Gasteiger partial charge in [-0.3, -0.25) is 0 Å². The van der Waals surface area contributed by atoms with Crippen LogP contribution in [0.2, 0.25) is 0 Å². The minimum Gasteiger partial charge on any atom is -0.450 e. The van der Waals surface area contributed by atoms with E-state index in [0.29, 0.717) is 0 Å². The van der Waals surface area contributed by atoms with Gasteiger partial charge in [0, 0.05) is 0 Å². The number of carbonyl (C=O) groups excluding carboxylic acids is 2. The maximum absolute atomic E-state index is 11.0. The van der Waals surface area contributed by atoms with E-state index >= 15 is 0 Å². The Morgan fingerprint density at radius 3 is 1.11 bits per heavy atom. The fourth-order valence-electron chi connectivity index (χ4n) is 0.610. The Kier molecular flexibility index (Phi) is 7.58. The summed E-state index contributed by atoms with van der Waals surface area (Å²) in [7, 11) is 0. The molecule has 0 radical (unpaired) electrons. The normalized spacial score (nSPS) is 10.6. The molecule has 0 aromatic carbocycles. The number of hydrogen-bond donors (Lipinski definition) is 2. The highest BCUT2D eigenvalue weighted by Crippen LogP contribution is 2.11. The molecule has 0 bridgehead atoms. The van der Waals surface area contributed by atoms with Crippen LogP contribution in [0.25, 0.3) is 0 Å². The fraction of sp³-hybridized carbons (Fsp3) is 0.727. The van der Waals surface area contributed by atoms with E-state index in [1.54, 1.807) is 41.5 Å². The summed E-state index contributed by atoms with van der Waals surface area (Å²) < 4.78 is 13.8. The van der Waals surface area contributed by atoms with Gasteiger partial charge in [-0.05, 0) is 41.5 Å². The number of rotatable bonds is 0. The minimum atomic E-state index is -1.83. The van der Waals surface area contributed by atoms with Gasteiger partial charge in [0.25, 0.3) is 0 Å². The van der Waals surface area contributed by atoms with Crippen molar-refractivity contribution in [3.05, 3.63) is 0 Å². The quantitative estimate of drug-likeness (QED) is 0.513. The highest BCUT2D eigenvalue weighted by molar-refractivity contribution is 5.77. The van der Waals surface area contributed by atoms with Crippen molar-refractivity contribution in [3.63, 3.8) is 0 Å². The average molecular weight is 280 g/mol. The molecule has 0 aliphatic rings. The van der Waals surface area contributed by atoms with E-state index in [2.05, 4.69) is 4.74 Å². The van der Waals surface area contributed by atoms with Crippen molar-refractivity contribution in [1.82, 2.24) is 0 Å². The molecule has 0 atom stereocenters. The van der Waals surface area contributed by atoms with E-state index in [4.69, 9.17) is 24.5 Å². The zero-order chi connectivity index (χ0) is 15.9. The lowest BCUT2D eigenvalue weighted by molar-refractivity contribution is -0.0293. The molecule has 0 aromatic heterocycles. The van der Waals surface area contributed by atoms with E-state index in [9.17, 15) is 9.59 Å². The molecule has 8 nitrogen and oxygen atoms in total. The molecule has 0 fully saturated rings. The summed E-state index contributed by atoms with van der Waals surface area (Å²) in [6.45, 7) is 10.0. The second kappa shape index (κ2) is 7.45. The molecule has 0 saturated heterocycles. The van der Waals surface area contributed by atoms with Gasteiger partial charge in [-0.15, -0.1) is 0 Å². The molecule has 0 aliphatic carbocycles. The Balaban J connectivity index is 0. The van der Waals surface area contributed by atoms with Gasteiger partial charge in [-0.25, -0.2) is 14.4 Å². The summed E-state index contributed by atoms with van der Waals surface area (Å²) in [6.07, 6.45) is -3.95. The second-order valence-corrected chi connectivity index (χ2v) is 5.31. The van der Waals surface area contributed by atoms with Crippen LogP contribution in [0, 0.1) is 0 Å². The van der Waals surface area contributed by atoms with Crippen LogP contribution >= 0.6 is 0 Å². The lowest BCUT2D eigenvalue weighted by atomic mass is 10.2. The van der Waals surface area contributed by atoms with Gasteiger partial charge in [0.2, 0.25) is 0 Å². The van der Waals surface area contributed by atoms with E-state index < -0.39 is 29.7 Å². The van der Waals surface area contributed by atoms with Crippen molar-refractivity contribution in [1.29, 1.82) is 0 Å². The van der Waals surface area contributed by atoms with Crippen LogP contribution in [-0.4, -0.2) is 39.9 Å². The maximum atomic E-state index is 11.0. The molecule has 0 saturated carbocycles. The highest BCUT2D eigenvalue weighted by Gasteiger charge is 2.24. The standard InChI is InChI=1S/C10H18O5.CH2O3/c1-9(2,3)14-7(11)13-8(12)15-10(4,5)6;2-1(3)4/h1-6H3;(H2,2,3,4). The predicted octanol–water partition coefficient (Wildman–Crippen LogP) is 3.10. The molecule has 0 spiro atoms. The third-order valence-electron chi connectivity index (χ3n) is 0.946. The summed E-state index contributed by atoms with van der Waals surface area (Å²) in [5.41, 5.74) is -1.39. The highest BCUT2D eigenvalue weighted by atomic mass is 16.8. The average Bonchev–Trinajstić information content (AvgIpc) is 1.91. The molecular weight excluding hydrogens is 260 g/mol. The zero-order valence-electron chi connectivity index (χ0n) is 11.8. The Labute approximate surface area is 111 Å². The Bertz CT molecular complexity index is 291. The molecule has 19 heavy (non-hydrogen) atoms. The molecule has 0 unspecified atom stereocenters. The van der Waals surface area contributed by atoms with Crippen LogP contribution in [0.1, 0.15) is 41.5 Å². The van der Waals surface area contributed by atoms with Gasteiger partial charge < -0.3 is 24.4 Å². The summed E-state index contributed by atoms with van der Waals surface area (Å²) in [6, 6.07) is 0. The molecule has 0 amide bonds. The van der Waals surface area contributed by atoms with Crippen LogP contribution in [0.5, 0.6) is 0 Å². The predicted molar refractivity (Wildman–Crippen MR) is 64.2 cm³/mol. The Morgan fingerprint density at radius 2 is 0.947 bits per heavy atom. The van der Waals surface area contributed by atoms with Gasteiger partial charge in [0.15, 0.2) is 0 Å². The van der Waals surface area contributed by atoms with Gasteiger partial charge in [-0.1, -0.05) is 0 Å². The smallest absolute Gasteiger partial charge is 0.450 e. The number of carbonyl (C=O) groups is 3. The molecule has 0 aromatic rings. The molecule has 2 N–H and O–H groups in total. The number of hydrogen-bond acceptors (Lipinski definition) is 6. The first-order chi connectivity index (χ1) is 8.23. The molecule has 0 heterocycles. The van der Waals surface area contributed by atoms with Crippen LogP contribution in [0.4, 0.5) is 14.4 Å². The molecule has 8 heteroatoms. The van der Waals surface area contributed by atoms with E-state index in [-0.39, 0.29) is 0 Å². The van der Waals surface area contributed by atoms with E-state index in [1.165, 1.54) is 0 Å². The van der Waals surface area contributed by atoms with Gasteiger partial charge in [0.05, 0.1) is 0 Å². The first-order valence-electron chi connectivity index (χ1n) is 5.28. The summed E-state index contributed by atoms with van der Waals surface area (Å²) in [5, 5.41) is 13.9. The minimum absolute atomic E-state index is 0.695. The molecule has 0 aliphatic heterocycles. The lowest BCUT2D eigenvalue weighted by Gasteiger charge is -2.20. The van der Waals surface area contributed by atoms with Crippen LogP contribution in [0.15, 0.2) is 0 Å². The number of carboxylic acid groups (broad SMARTS) is 2. The van der Waals surface area contributed by atoms with Crippen LogP contribution in [-0.2, 0) is 14.2 Å². The second-order valence-electron chi connectivity index (χ2n) is 5.31. The van der Waals surface area contributed by atoms with E-state index in [0.717, 1.165) is 0 Å². The molecule has 0 rings (SSSR count). The lowest BCUT2D eigenvalue weighted by Crippen LogP contribution is -2.29. The molecule has 112 valence electrons. The van der Waals surface area contributed by atoms with Crippen molar-refractivity contribution in [2.45, 2.75) is 52.7 Å². The SMILES string of the molecule is CC(C)(C)OC(=O)OC(=O)OC(C)(C)C.O=C(O)O. The summed E-state index contributed by atoms with van der Waals surface area (Å²) >= 11 is 0. The Hall–Kier alpha value is -1.99. The van der Waals surface area contributed by atoms with Crippen molar-refractivity contribution in [2.24, 2.45) is 0 Å². The third-order valence-corrected chi connectivity index (χ3v) is 0.946. The first kappa shape index (κ1) is 19.4. The summed E-state index contributed by atoms with van der Waals surface area (Å²) in [5.74, 6) is 0. The third kappa shape index (κ3) is 21.8. The Morgan fingerprint density at radius 1 is 0.737 bits per heavy atom. The van der Waals surface area contributed by atoms with Crippen LogP contribution in [0.3, 0.4) is 0 Å². The first-order valence-corrected chi connectivity index (χ1v) is 5.28. The van der Waals surface area contributed by atoms with Gasteiger partial charge in [-0.2, -0.15) is 0 Å². The van der Waals surface area contributed by atoms with Gasteiger partial charge >= 0.3 is 18.5 Å². The van der Waals surface area contributed by atoms with Gasteiger partial charge in [0.1, 0.15) is 11.2 Å². The van der Waals surface area contributed by atoms with E-state index in [1.807, 2.05) is 0 Å². The van der Waals surface area contributed by atoms with Crippen molar-refractivity contribution >= 4 is 18.5 Å². The van der Waals surface area contributed by atoms with Crippen molar-refractivity contribution < 1.29 is 38.8 Å². The van der Waals surface area contributed by atoms with Crippen LogP contribution < -0.4 is 0 Å². The summed E-state index contributed by atoms with van der Waals surface area (Å²) in [4.78, 5) is 30.6.